The molecule has 0 aliphatic carbocycles. The van der Waals surface area contributed by atoms with Crippen molar-refractivity contribution in [3.63, 3.8) is 0 Å². The molecule has 1 aliphatic heterocycles. The number of carbonyl (C=O) groups is 2. The van der Waals surface area contributed by atoms with Crippen LogP contribution in [-0.2, 0) is 14.3 Å². The van der Waals surface area contributed by atoms with E-state index >= 15 is 0 Å². The van der Waals surface area contributed by atoms with Gasteiger partial charge in [-0.3, -0.25) is 4.79 Å². The molecule has 0 atom stereocenters. The summed E-state index contributed by atoms with van der Waals surface area (Å²) in [5, 5.41) is 0. The van der Waals surface area contributed by atoms with Gasteiger partial charge in [0.2, 0.25) is 5.91 Å². The van der Waals surface area contributed by atoms with Crippen molar-refractivity contribution in [1.29, 1.82) is 0 Å². The van der Waals surface area contributed by atoms with E-state index < -0.39 is 6.09 Å². The number of methoxy groups -OCH3 is 1. The Hall–Kier alpha value is -1.30. The van der Waals surface area contributed by atoms with Gasteiger partial charge in [0.15, 0.2) is 0 Å². The van der Waals surface area contributed by atoms with Gasteiger partial charge in [0.05, 0.1) is 13.0 Å². The number of hydrogen-bond acceptors (Lipinski definition) is 4. The summed E-state index contributed by atoms with van der Waals surface area (Å²) in [6, 6.07) is 0. The number of amides is 2. The Morgan fingerprint density at radius 1 is 1.38 bits per heavy atom. The van der Waals surface area contributed by atoms with Gasteiger partial charge in [-0.05, 0) is 0 Å². The molecule has 0 spiro atoms. The molecule has 6 nitrogen and oxygen atoms in total. The van der Waals surface area contributed by atoms with Crippen molar-refractivity contribution >= 4 is 12.0 Å². The number of hydrogen-bond donors (Lipinski definition) is 1. The number of rotatable bonds is 4. The number of likely N-dealkylation sites (tertiary alicyclic amines) is 1. The Morgan fingerprint density at radius 3 is 2.50 bits per heavy atom. The molecule has 0 unspecified atom stereocenters. The molecule has 6 heteroatoms. The van der Waals surface area contributed by atoms with Gasteiger partial charge in [-0.15, -0.1) is 0 Å². The lowest BCUT2D eigenvalue weighted by Crippen LogP contribution is -2.42. The van der Waals surface area contributed by atoms with Crippen LogP contribution in [0, 0.1) is 0 Å². The first-order chi connectivity index (χ1) is 7.63. The van der Waals surface area contributed by atoms with Gasteiger partial charge in [-0.1, -0.05) is 0 Å². The maximum atomic E-state index is 11.6. The van der Waals surface area contributed by atoms with E-state index in [4.69, 9.17) is 15.2 Å². The zero-order valence-corrected chi connectivity index (χ0v) is 9.48. The summed E-state index contributed by atoms with van der Waals surface area (Å²) in [5.74, 6) is 0.0828. The van der Waals surface area contributed by atoms with Crippen molar-refractivity contribution in [3.05, 3.63) is 0 Å². The van der Waals surface area contributed by atoms with Crippen LogP contribution in [0.4, 0.5) is 4.79 Å². The lowest BCUT2D eigenvalue weighted by molar-refractivity contribution is -0.134. The first-order valence-corrected chi connectivity index (χ1v) is 5.36. The van der Waals surface area contributed by atoms with E-state index in [-0.39, 0.29) is 12.0 Å². The van der Waals surface area contributed by atoms with Crippen LogP contribution in [0.3, 0.4) is 0 Å². The third kappa shape index (κ3) is 4.06. The van der Waals surface area contributed by atoms with Gasteiger partial charge in [-0.2, -0.15) is 0 Å². The van der Waals surface area contributed by atoms with Crippen LogP contribution >= 0.6 is 0 Å². The molecule has 0 saturated carbocycles. The van der Waals surface area contributed by atoms with E-state index in [9.17, 15) is 9.59 Å². The van der Waals surface area contributed by atoms with E-state index in [1.54, 1.807) is 12.0 Å². The molecule has 1 rings (SSSR count). The first kappa shape index (κ1) is 12.8. The summed E-state index contributed by atoms with van der Waals surface area (Å²) in [4.78, 5) is 23.9. The molecule has 0 aromatic heterocycles. The van der Waals surface area contributed by atoms with Crippen LogP contribution in [0.2, 0.25) is 0 Å². The topological polar surface area (TPSA) is 81.9 Å². The Bertz CT molecular complexity index is 249. The minimum Gasteiger partial charge on any atom is -0.446 e. The van der Waals surface area contributed by atoms with E-state index in [1.165, 1.54) is 0 Å². The number of carbonyl (C=O) groups excluding carboxylic acids is 2. The lowest BCUT2D eigenvalue weighted by atomic mass is 10.1. The molecule has 1 heterocycles. The van der Waals surface area contributed by atoms with Gasteiger partial charge >= 0.3 is 6.09 Å². The maximum Gasteiger partial charge on any atom is 0.404 e. The summed E-state index contributed by atoms with van der Waals surface area (Å²) >= 11 is 0. The normalized spacial score (nSPS) is 17.2. The summed E-state index contributed by atoms with van der Waals surface area (Å²) in [5.41, 5.74) is 4.93. The predicted octanol–water partition coefficient (Wildman–Crippen LogP) is 0.109. The van der Waals surface area contributed by atoms with Crippen LogP contribution in [0.15, 0.2) is 0 Å². The van der Waals surface area contributed by atoms with Crippen molar-refractivity contribution in [2.45, 2.75) is 25.4 Å². The minimum absolute atomic E-state index is 0.0828. The molecule has 1 saturated heterocycles. The Balaban J connectivity index is 2.25. The Morgan fingerprint density at radius 2 is 2.00 bits per heavy atom. The SMILES string of the molecule is COCCC(=O)N1CCC(OC(N)=O)CC1. The van der Waals surface area contributed by atoms with Crippen molar-refractivity contribution < 1.29 is 19.1 Å². The highest BCUT2D eigenvalue weighted by Gasteiger charge is 2.24. The second kappa shape index (κ2) is 6.32. The van der Waals surface area contributed by atoms with E-state index in [2.05, 4.69) is 0 Å². The summed E-state index contributed by atoms with van der Waals surface area (Å²) in [6.07, 6.45) is 0.814. The van der Waals surface area contributed by atoms with Crippen LogP contribution in [0.5, 0.6) is 0 Å². The largest absolute Gasteiger partial charge is 0.446 e. The summed E-state index contributed by atoms with van der Waals surface area (Å²) < 4.78 is 9.72. The molecule has 0 bridgehead atoms. The van der Waals surface area contributed by atoms with Crippen LogP contribution in [-0.4, -0.2) is 49.8 Å². The quantitative estimate of drug-likeness (QED) is 0.743. The zero-order chi connectivity index (χ0) is 12.0. The second-order valence-electron chi connectivity index (χ2n) is 3.76. The van der Waals surface area contributed by atoms with Crippen molar-refractivity contribution in [3.8, 4) is 0 Å². The molecule has 1 fully saturated rings. The zero-order valence-electron chi connectivity index (χ0n) is 9.48. The number of ether oxygens (including phenoxy) is 2. The fourth-order valence-electron chi connectivity index (χ4n) is 1.73. The monoisotopic (exact) mass is 230 g/mol. The fraction of sp³-hybridized carbons (Fsp3) is 0.800. The fourth-order valence-corrected chi connectivity index (χ4v) is 1.73. The summed E-state index contributed by atoms with van der Waals surface area (Å²) in [6.45, 7) is 1.66. The molecule has 1 aliphatic rings. The highest BCUT2D eigenvalue weighted by Crippen LogP contribution is 2.14. The van der Waals surface area contributed by atoms with Gasteiger partial charge in [0.1, 0.15) is 6.10 Å². The highest BCUT2D eigenvalue weighted by atomic mass is 16.6. The molecule has 0 aromatic rings. The van der Waals surface area contributed by atoms with Crippen LogP contribution in [0.1, 0.15) is 19.3 Å². The van der Waals surface area contributed by atoms with Crippen molar-refractivity contribution in [2.24, 2.45) is 5.73 Å². The molecule has 2 N–H and O–H groups in total. The van der Waals surface area contributed by atoms with Crippen molar-refractivity contribution in [1.82, 2.24) is 4.90 Å². The predicted molar refractivity (Wildman–Crippen MR) is 56.8 cm³/mol. The first-order valence-electron chi connectivity index (χ1n) is 5.36. The third-order valence-electron chi connectivity index (χ3n) is 2.60. The number of primary amides is 1. The maximum absolute atomic E-state index is 11.6. The van der Waals surface area contributed by atoms with E-state index in [1.807, 2.05) is 0 Å². The smallest absolute Gasteiger partial charge is 0.404 e. The van der Waals surface area contributed by atoms with Gasteiger partial charge < -0.3 is 20.1 Å². The average Bonchev–Trinajstić information content (AvgIpc) is 2.26. The molecule has 16 heavy (non-hydrogen) atoms. The number of nitrogens with zero attached hydrogens (tertiary/aromatic N) is 1. The highest BCUT2D eigenvalue weighted by molar-refractivity contribution is 5.76. The van der Waals surface area contributed by atoms with Gasteiger partial charge in [0, 0.05) is 33.0 Å². The van der Waals surface area contributed by atoms with Gasteiger partial charge in [-0.25, -0.2) is 4.79 Å². The van der Waals surface area contributed by atoms with E-state index in [0.29, 0.717) is 39.0 Å². The van der Waals surface area contributed by atoms with Gasteiger partial charge in [0.25, 0.3) is 0 Å². The Labute approximate surface area is 94.7 Å². The molecular formula is C10H18N2O4. The van der Waals surface area contributed by atoms with E-state index in [0.717, 1.165) is 0 Å². The van der Waals surface area contributed by atoms with Crippen LogP contribution < -0.4 is 5.73 Å². The van der Waals surface area contributed by atoms with Crippen LogP contribution in [0.25, 0.3) is 0 Å². The number of nitrogens with two attached hydrogens (primary N) is 1. The summed E-state index contributed by atoms with van der Waals surface area (Å²) in [7, 11) is 1.57. The molecule has 92 valence electrons. The second-order valence-corrected chi connectivity index (χ2v) is 3.76. The molecule has 0 aromatic carbocycles. The average molecular weight is 230 g/mol. The minimum atomic E-state index is -0.746. The standard InChI is InChI=1S/C10H18N2O4/c1-15-7-4-9(13)12-5-2-8(3-6-12)16-10(11)14/h8H,2-7H2,1H3,(H2,11,14). The third-order valence-corrected chi connectivity index (χ3v) is 2.60. The number of piperidine rings is 1. The van der Waals surface area contributed by atoms with Crippen molar-refractivity contribution in [2.75, 3.05) is 26.8 Å². The Kier molecular flexibility index (Phi) is 5.04. The molecule has 0 radical (unpaired) electrons. The lowest BCUT2D eigenvalue weighted by Gasteiger charge is -2.31. The molecule has 2 amide bonds. The molecular weight excluding hydrogens is 212 g/mol.